The molecule has 36 heavy (non-hydrogen) atoms. The van der Waals surface area contributed by atoms with Crippen LogP contribution in [0.3, 0.4) is 0 Å². The molecule has 1 aliphatic rings. The van der Waals surface area contributed by atoms with Gasteiger partial charge in [0.15, 0.2) is 0 Å². The first-order valence-corrected chi connectivity index (χ1v) is 12.8. The number of fused-ring (bicyclic) bond motifs is 1. The number of carbonyl (C=O) groups excluding carboxylic acids is 2. The summed E-state index contributed by atoms with van der Waals surface area (Å²) >= 11 is 0.984. The number of rotatable bonds is 6. The molecule has 0 radical (unpaired) electrons. The number of aryl methyl sites for hydroxylation is 2. The van der Waals surface area contributed by atoms with E-state index in [1.165, 1.54) is 16.0 Å². The van der Waals surface area contributed by atoms with E-state index >= 15 is 0 Å². The van der Waals surface area contributed by atoms with Crippen LogP contribution in [0.25, 0.3) is 22.5 Å². The van der Waals surface area contributed by atoms with Gasteiger partial charge >= 0.3 is 0 Å². The Morgan fingerprint density at radius 3 is 2.50 bits per heavy atom. The minimum atomic E-state index is -0.275. The number of carbonyl (C=O) groups is 2. The monoisotopic (exact) mass is 496 g/mol. The topological polar surface area (TPSA) is 51.5 Å². The van der Waals surface area contributed by atoms with Crippen molar-refractivity contribution in [1.82, 2.24) is 9.47 Å². The standard InChI is InChI=1S/C30H28N2O3S/c1-19-9-7-13-26(21(19)3)32-20(2)17-24(22(32)4)18-28-29(33)31(30(34)36-28)15-16-35-27-14-8-11-23-10-5-6-12-25(23)27/h5-14,17-18H,15-16H2,1-4H3/b28-18-. The first-order chi connectivity index (χ1) is 17.3. The van der Waals surface area contributed by atoms with Crippen molar-refractivity contribution >= 4 is 39.8 Å². The molecule has 0 saturated carbocycles. The molecule has 182 valence electrons. The molecule has 2 heterocycles. The number of amides is 2. The highest BCUT2D eigenvalue weighted by molar-refractivity contribution is 8.18. The van der Waals surface area contributed by atoms with E-state index in [-0.39, 0.29) is 24.3 Å². The number of thioether (sulfide) groups is 1. The van der Waals surface area contributed by atoms with Gasteiger partial charge < -0.3 is 9.30 Å². The van der Waals surface area contributed by atoms with E-state index in [0.717, 1.165) is 50.9 Å². The summed E-state index contributed by atoms with van der Waals surface area (Å²) in [5.41, 5.74) is 6.63. The molecule has 3 aromatic carbocycles. The highest BCUT2D eigenvalue weighted by Crippen LogP contribution is 2.34. The number of imide groups is 1. The third-order valence-electron chi connectivity index (χ3n) is 6.77. The first kappa shape index (κ1) is 23.9. The van der Waals surface area contributed by atoms with Crippen molar-refractivity contribution in [3.8, 4) is 11.4 Å². The Bertz CT molecular complexity index is 1530. The Kier molecular flexibility index (Phi) is 6.46. The number of nitrogens with zero attached hydrogens (tertiary/aromatic N) is 2. The average Bonchev–Trinajstić information content (AvgIpc) is 3.29. The lowest BCUT2D eigenvalue weighted by atomic mass is 10.1. The molecule has 0 atom stereocenters. The van der Waals surface area contributed by atoms with Crippen LogP contribution >= 0.6 is 11.8 Å². The van der Waals surface area contributed by atoms with E-state index in [1.54, 1.807) is 0 Å². The van der Waals surface area contributed by atoms with E-state index in [9.17, 15) is 9.59 Å². The molecule has 1 aliphatic heterocycles. The van der Waals surface area contributed by atoms with E-state index in [4.69, 9.17) is 4.74 Å². The molecule has 4 aromatic rings. The molecule has 0 unspecified atom stereocenters. The highest BCUT2D eigenvalue weighted by Gasteiger charge is 2.35. The molecule has 5 nitrogen and oxygen atoms in total. The van der Waals surface area contributed by atoms with Gasteiger partial charge in [0, 0.05) is 22.5 Å². The maximum Gasteiger partial charge on any atom is 0.293 e. The minimum Gasteiger partial charge on any atom is -0.491 e. The van der Waals surface area contributed by atoms with Gasteiger partial charge in [0.25, 0.3) is 11.1 Å². The van der Waals surface area contributed by atoms with Gasteiger partial charge in [-0.25, -0.2) is 0 Å². The summed E-state index contributed by atoms with van der Waals surface area (Å²) in [6.07, 6.45) is 1.83. The van der Waals surface area contributed by atoms with Crippen molar-refractivity contribution in [1.29, 1.82) is 0 Å². The van der Waals surface area contributed by atoms with Gasteiger partial charge in [-0.15, -0.1) is 0 Å². The maximum atomic E-state index is 13.1. The summed E-state index contributed by atoms with van der Waals surface area (Å²) in [6, 6.07) is 22.2. The normalized spacial score (nSPS) is 14.9. The molecular weight excluding hydrogens is 468 g/mol. The van der Waals surface area contributed by atoms with Crippen LogP contribution in [0.1, 0.15) is 28.1 Å². The third-order valence-corrected chi connectivity index (χ3v) is 7.68. The average molecular weight is 497 g/mol. The second-order valence-electron chi connectivity index (χ2n) is 9.04. The Balaban J connectivity index is 1.33. The lowest BCUT2D eigenvalue weighted by molar-refractivity contribution is -0.123. The Labute approximate surface area is 215 Å². The smallest absolute Gasteiger partial charge is 0.293 e. The summed E-state index contributed by atoms with van der Waals surface area (Å²) < 4.78 is 8.17. The van der Waals surface area contributed by atoms with Crippen molar-refractivity contribution < 1.29 is 14.3 Å². The fourth-order valence-electron chi connectivity index (χ4n) is 4.68. The van der Waals surface area contributed by atoms with Crippen molar-refractivity contribution in [2.75, 3.05) is 13.2 Å². The SMILES string of the molecule is Cc1cccc(-n2c(C)cc(/C=C3\SC(=O)N(CCOc4cccc5ccccc45)C3=O)c2C)c1C. The summed E-state index contributed by atoms with van der Waals surface area (Å²) in [4.78, 5) is 27.5. The Morgan fingerprint density at radius 2 is 1.67 bits per heavy atom. The fraction of sp³-hybridized carbons (Fsp3) is 0.200. The zero-order chi connectivity index (χ0) is 25.4. The Hall–Kier alpha value is -3.77. The van der Waals surface area contributed by atoms with E-state index < -0.39 is 0 Å². The predicted molar refractivity (Wildman–Crippen MR) is 147 cm³/mol. The van der Waals surface area contributed by atoms with E-state index in [0.29, 0.717) is 4.91 Å². The number of hydrogen-bond acceptors (Lipinski definition) is 4. The fourth-order valence-corrected chi connectivity index (χ4v) is 5.54. The van der Waals surface area contributed by atoms with Crippen LogP contribution in [0.5, 0.6) is 5.75 Å². The predicted octanol–water partition coefficient (Wildman–Crippen LogP) is 6.98. The summed E-state index contributed by atoms with van der Waals surface area (Å²) in [5, 5.41) is 1.83. The van der Waals surface area contributed by atoms with Crippen LogP contribution in [0.2, 0.25) is 0 Å². The summed E-state index contributed by atoms with van der Waals surface area (Å²) in [6.45, 7) is 8.77. The zero-order valence-electron chi connectivity index (χ0n) is 20.9. The van der Waals surface area contributed by atoms with Crippen LogP contribution < -0.4 is 4.74 Å². The van der Waals surface area contributed by atoms with Gasteiger partial charge in [-0.05, 0) is 85.8 Å². The largest absolute Gasteiger partial charge is 0.491 e. The van der Waals surface area contributed by atoms with Gasteiger partial charge in [-0.2, -0.15) is 0 Å². The van der Waals surface area contributed by atoms with E-state index in [2.05, 4.69) is 49.6 Å². The van der Waals surface area contributed by atoms with Crippen LogP contribution in [0.15, 0.2) is 71.6 Å². The molecule has 1 aromatic heterocycles. The molecule has 5 rings (SSSR count). The van der Waals surface area contributed by atoms with Gasteiger partial charge in [-0.3, -0.25) is 14.5 Å². The summed E-state index contributed by atoms with van der Waals surface area (Å²) in [7, 11) is 0. The molecule has 6 heteroatoms. The number of hydrogen-bond donors (Lipinski definition) is 0. The van der Waals surface area contributed by atoms with Crippen molar-refractivity contribution in [3.05, 3.63) is 99.7 Å². The van der Waals surface area contributed by atoms with Gasteiger partial charge in [0.05, 0.1) is 11.4 Å². The number of aromatic nitrogens is 1. The minimum absolute atomic E-state index is 0.201. The zero-order valence-corrected chi connectivity index (χ0v) is 21.7. The van der Waals surface area contributed by atoms with Gasteiger partial charge in [0.1, 0.15) is 12.4 Å². The molecule has 1 fully saturated rings. The second-order valence-corrected chi connectivity index (χ2v) is 10.0. The van der Waals surface area contributed by atoms with Crippen LogP contribution in [-0.2, 0) is 4.79 Å². The first-order valence-electron chi connectivity index (χ1n) is 12.0. The quantitative estimate of drug-likeness (QED) is 0.270. The van der Waals surface area contributed by atoms with E-state index in [1.807, 2.05) is 55.5 Å². The lowest BCUT2D eigenvalue weighted by Gasteiger charge is -2.14. The molecule has 0 aliphatic carbocycles. The molecular formula is C30H28N2O3S. The molecule has 0 bridgehead atoms. The molecule has 0 N–H and O–H groups in total. The highest BCUT2D eigenvalue weighted by atomic mass is 32.2. The molecule has 0 spiro atoms. The van der Waals surface area contributed by atoms with Crippen molar-refractivity contribution in [2.24, 2.45) is 0 Å². The van der Waals surface area contributed by atoms with Crippen molar-refractivity contribution in [3.63, 3.8) is 0 Å². The van der Waals surface area contributed by atoms with Crippen LogP contribution in [0, 0.1) is 27.7 Å². The number of ether oxygens (including phenoxy) is 1. The third kappa shape index (κ3) is 4.33. The van der Waals surface area contributed by atoms with Gasteiger partial charge in [0.2, 0.25) is 0 Å². The van der Waals surface area contributed by atoms with Crippen molar-refractivity contribution in [2.45, 2.75) is 27.7 Å². The number of benzene rings is 3. The van der Waals surface area contributed by atoms with Gasteiger partial charge in [-0.1, -0.05) is 48.5 Å². The maximum absolute atomic E-state index is 13.1. The molecule has 1 saturated heterocycles. The second kappa shape index (κ2) is 9.70. The van der Waals surface area contributed by atoms with Crippen LogP contribution in [0.4, 0.5) is 4.79 Å². The van der Waals surface area contributed by atoms with Crippen LogP contribution in [-0.4, -0.2) is 33.8 Å². The Morgan fingerprint density at radius 1 is 0.917 bits per heavy atom. The summed E-state index contributed by atoms with van der Waals surface area (Å²) in [5.74, 6) is 0.470. The molecule has 2 amide bonds. The lowest BCUT2D eigenvalue weighted by Crippen LogP contribution is -2.32.